The van der Waals surface area contributed by atoms with Gasteiger partial charge in [0.1, 0.15) is 0 Å². The SMILES string of the molecule is C=CC(=O)[N+](C)(C)B(O)c1cccc(NC(=O)C(=C)C)c1. The number of anilines is 1. The molecular weight excluding hydrogens is 267 g/mol. The van der Waals surface area contributed by atoms with Crippen LogP contribution in [-0.4, -0.2) is 42.4 Å². The molecule has 0 saturated carbocycles. The van der Waals surface area contributed by atoms with E-state index >= 15 is 0 Å². The van der Waals surface area contributed by atoms with Crippen molar-refractivity contribution in [2.75, 3.05) is 19.4 Å². The van der Waals surface area contributed by atoms with Crippen molar-refractivity contribution in [3.8, 4) is 0 Å². The number of carbonyl (C=O) groups is 2. The second-order valence-corrected chi connectivity index (χ2v) is 5.32. The van der Waals surface area contributed by atoms with E-state index in [1.807, 2.05) is 0 Å². The first-order valence-electron chi connectivity index (χ1n) is 6.45. The maximum atomic E-state index is 11.8. The number of amides is 2. The molecule has 5 nitrogen and oxygen atoms in total. The number of benzene rings is 1. The van der Waals surface area contributed by atoms with Gasteiger partial charge >= 0.3 is 13.0 Å². The summed E-state index contributed by atoms with van der Waals surface area (Å²) in [5, 5.41) is 13.1. The number of rotatable bonds is 5. The smallest absolute Gasteiger partial charge is 0.393 e. The summed E-state index contributed by atoms with van der Waals surface area (Å²) in [6, 6.07) is 6.72. The minimum absolute atomic E-state index is 0.276. The van der Waals surface area contributed by atoms with Gasteiger partial charge < -0.3 is 10.3 Å². The van der Waals surface area contributed by atoms with Crippen LogP contribution in [0.2, 0.25) is 0 Å². The van der Waals surface area contributed by atoms with Crippen molar-refractivity contribution in [3.05, 3.63) is 49.1 Å². The molecule has 0 heterocycles. The molecule has 0 atom stereocenters. The maximum Gasteiger partial charge on any atom is 0.615 e. The predicted octanol–water partition coefficient (Wildman–Crippen LogP) is 0.678. The molecule has 0 saturated heterocycles. The van der Waals surface area contributed by atoms with Gasteiger partial charge in [0.2, 0.25) is 0 Å². The van der Waals surface area contributed by atoms with Gasteiger partial charge in [-0.1, -0.05) is 25.3 Å². The summed E-state index contributed by atoms with van der Waals surface area (Å²) in [7, 11) is 2.12. The summed E-state index contributed by atoms with van der Waals surface area (Å²) in [6.07, 6.45) is 1.18. The minimum Gasteiger partial charge on any atom is -0.393 e. The van der Waals surface area contributed by atoms with Gasteiger partial charge in [-0.05, 0) is 19.1 Å². The third-order valence-electron chi connectivity index (χ3n) is 3.18. The third-order valence-corrected chi connectivity index (χ3v) is 3.18. The Morgan fingerprint density at radius 1 is 1.38 bits per heavy atom. The molecule has 21 heavy (non-hydrogen) atoms. The lowest BCUT2D eigenvalue weighted by atomic mass is 9.69. The van der Waals surface area contributed by atoms with Crippen molar-refractivity contribution >= 4 is 30.0 Å². The van der Waals surface area contributed by atoms with Crippen LogP contribution in [0.15, 0.2) is 49.1 Å². The minimum atomic E-state index is -1.06. The zero-order chi connectivity index (χ0) is 16.2. The van der Waals surface area contributed by atoms with Crippen LogP contribution in [0.3, 0.4) is 0 Å². The van der Waals surface area contributed by atoms with E-state index in [4.69, 9.17) is 0 Å². The molecular formula is C15H20BN2O3+. The molecule has 1 aromatic carbocycles. The van der Waals surface area contributed by atoms with Gasteiger partial charge in [0, 0.05) is 22.8 Å². The Bertz CT molecular complexity index is 596. The fourth-order valence-electron chi connectivity index (χ4n) is 1.74. The van der Waals surface area contributed by atoms with Crippen LogP contribution in [0, 0.1) is 0 Å². The Labute approximate surface area is 125 Å². The molecule has 0 aliphatic rings. The van der Waals surface area contributed by atoms with Gasteiger partial charge in [-0.3, -0.25) is 9.19 Å². The molecule has 0 bridgehead atoms. The van der Waals surface area contributed by atoms with Gasteiger partial charge in [-0.15, -0.1) is 0 Å². The standard InChI is InChI=1S/C15H19BN2O3/c1-6-14(19)18(4,5)16(21)12-8-7-9-13(10-12)17-15(20)11(2)3/h6-10,21H,1-2H2,3-5H3/p+1. The highest BCUT2D eigenvalue weighted by molar-refractivity contribution is 6.60. The molecule has 0 aliphatic carbocycles. The maximum absolute atomic E-state index is 11.8. The number of carbonyl (C=O) groups excluding carboxylic acids is 2. The number of nitrogens with zero attached hydrogens (tertiary/aromatic N) is 1. The Morgan fingerprint density at radius 2 is 2.00 bits per heavy atom. The van der Waals surface area contributed by atoms with Crippen LogP contribution in [0.25, 0.3) is 0 Å². The number of hydrogen-bond donors (Lipinski definition) is 2. The lowest BCUT2D eigenvalue weighted by Crippen LogP contribution is -2.61. The molecule has 0 spiro atoms. The van der Waals surface area contributed by atoms with Crippen LogP contribution in [0.4, 0.5) is 5.69 Å². The Hall–Kier alpha value is -2.18. The largest absolute Gasteiger partial charge is 0.615 e. The van der Waals surface area contributed by atoms with Crippen LogP contribution in [-0.2, 0) is 9.59 Å². The third kappa shape index (κ3) is 3.90. The summed E-state index contributed by atoms with van der Waals surface area (Å²) in [5.41, 5.74) is 1.44. The zero-order valence-electron chi connectivity index (χ0n) is 12.6. The van der Waals surface area contributed by atoms with Crippen LogP contribution in [0.5, 0.6) is 0 Å². The quantitative estimate of drug-likeness (QED) is 0.618. The summed E-state index contributed by atoms with van der Waals surface area (Å²) in [5.74, 6) is -0.601. The number of likely N-dealkylation sites (N-methyl/N-ethyl adjacent to an activating group) is 1. The predicted molar refractivity (Wildman–Crippen MR) is 84.8 cm³/mol. The van der Waals surface area contributed by atoms with Crippen molar-refractivity contribution in [1.29, 1.82) is 0 Å². The molecule has 6 heteroatoms. The highest BCUT2D eigenvalue weighted by Crippen LogP contribution is 2.09. The summed E-state index contributed by atoms with van der Waals surface area (Å²) in [4.78, 5) is 23.4. The lowest BCUT2D eigenvalue weighted by molar-refractivity contribution is -0.706. The summed E-state index contributed by atoms with van der Waals surface area (Å²) in [6.45, 7) is 8.61. The van der Waals surface area contributed by atoms with Crippen molar-refractivity contribution in [1.82, 2.24) is 0 Å². The van der Waals surface area contributed by atoms with Crippen molar-refractivity contribution < 1.29 is 19.0 Å². The lowest BCUT2D eigenvalue weighted by Gasteiger charge is -2.28. The van der Waals surface area contributed by atoms with E-state index in [9.17, 15) is 14.6 Å². The Kier molecular flexibility index (Phi) is 5.24. The van der Waals surface area contributed by atoms with Gasteiger partial charge in [0.15, 0.2) is 0 Å². The topological polar surface area (TPSA) is 66.4 Å². The van der Waals surface area contributed by atoms with E-state index in [1.54, 1.807) is 45.3 Å². The Morgan fingerprint density at radius 3 is 2.52 bits per heavy atom. The molecule has 0 aliphatic heterocycles. The number of nitrogens with one attached hydrogen (secondary N) is 1. The molecule has 2 N–H and O–H groups in total. The number of hydrogen-bond acceptors (Lipinski definition) is 3. The highest BCUT2D eigenvalue weighted by Gasteiger charge is 2.42. The number of quaternary nitrogens is 1. The first-order valence-corrected chi connectivity index (χ1v) is 6.45. The van der Waals surface area contributed by atoms with E-state index in [-0.39, 0.29) is 16.2 Å². The Balaban J connectivity index is 3.04. The van der Waals surface area contributed by atoms with Gasteiger partial charge in [-0.2, -0.15) is 0 Å². The molecule has 110 valence electrons. The zero-order valence-corrected chi connectivity index (χ0v) is 12.6. The monoisotopic (exact) mass is 287 g/mol. The molecule has 0 radical (unpaired) electrons. The second-order valence-electron chi connectivity index (χ2n) is 5.32. The van der Waals surface area contributed by atoms with Crippen molar-refractivity contribution in [3.63, 3.8) is 0 Å². The average Bonchev–Trinajstić information content (AvgIpc) is 2.45. The molecule has 1 aromatic rings. The molecule has 0 unspecified atom stereocenters. The van der Waals surface area contributed by atoms with Gasteiger partial charge in [0.25, 0.3) is 5.91 Å². The molecule has 0 fully saturated rings. The van der Waals surface area contributed by atoms with Gasteiger partial charge in [-0.25, -0.2) is 4.79 Å². The van der Waals surface area contributed by atoms with E-state index in [0.717, 1.165) is 0 Å². The normalized spacial score (nSPS) is 10.7. The van der Waals surface area contributed by atoms with E-state index in [0.29, 0.717) is 16.7 Å². The molecule has 1 rings (SSSR count). The first kappa shape index (κ1) is 16.9. The highest BCUT2D eigenvalue weighted by atomic mass is 16.2. The van der Waals surface area contributed by atoms with Crippen LogP contribution < -0.4 is 10.8 Å². The summed E-state index contributed by atoms with van der Waals surface area (Å²) < 4.78 is -0.276. The van der Waals surface area contributed by atoms with E-state index in [1.165, 1.54) is 6.08 Å². The van der Waals surface area contributed by atoms with E-state index in [2.05, 4.69) is 18.5 Å². The van der Waals surface area contributed by atoms with Crippen LogP contribution >= 0.6 is 0 Å². The van der Waals surface area contributed by atoms with Gasteiger partial charge in [0.05, 0.1) is 14.1 Å². The summed E-state index contributed by atoms with van der Waals surface area (Å²) >= 11 is 0. The fourth-order valence-corrected chi connectivity index (χ4v) is 1.74. The van der Waals surface area contributed by atoms with Crippen molar-refractivity contribution in [2.24, 2.45) is 0 Å². The average molecular weight is 287 g/mol. The molecule has 2 amide bonds. The molecule has 0 aromatic heterocycles. The fraction of sp³-hybridized carbons (Fsp3) is 0.200. The van der Waals surface area contributed by atoms with E-state index < -0.39 is 7.05 Å². The first-order chi connectivity index (χ1) is 9.70. The van der Waals surface area contributed by atoms with Crippen LogP contribution in [0.1, 0.15) is 6.92 Å². The second kappa shape index (κ2) is 6.52. The van der Waals surface area contributed by atoms with Crippen molar-refractivity contribution in [2.45, 2.75) is 6.92 Å².